The summed E-state index contributed by atoms with van der Waals surface area (Å²) in [5, 5.41) is 0. The molecule has 4 heteroatoms. The minimum atomic E-state index is 0. The van der Waals surface area contributed by atoms with Crippen molar-refractivity contribution in [1.29, 1.82) is 0 Å². The zero-order chi connectivity index (χ0) is 5.41. The largest absolute Gasteiger partial charge is 0.333 e. The van der Waals surface area contributed by atoms with Crippen LogP contribution in [0.4, 0.5) is 0 Å². The van der Waals surface area contributed by atoms with E-state index in [0.29, 0.717) is 0 Å². The van der Waals surface area contributed by atoms with Crippen LogP contribution in [-0.2, 0) is 4.79 Å². The molecule has 0 aromatic rings. The topological polar surface area (TPSA) is 55.4 Å². The highest BCUT2D eigenvalue weighted by atomic mass is 16.1. The Bertz CT molecular complexity index is 50.9. The van der Waals surface area contributed by atoms with Crippen molar-refractivity contribution in [3.8, 4) is 0 Å². The van der Waals surface area contributed by atoms with Gasteiger partial charge in [0, 0.05) is 15.5 Å². The maximum atomic E-state index is 8.88. The van der Waals surface area contributed by atoms with Gasteiger partial charge in [-0.1, -0.05) is 0 Å². The van der Waals surface area contributed by atoms with Gasteiger partial charge in [0.05, 0.1) is 0 Å². The van der Waals surface area contributed by atoms with Gasteiger partial charge < -0.3 is 5.73 Å². The van der Waals surface area contributed by atoms with Gasteiger partial charge in [-0.2, -0.15) is 0 Å². The van der Waals surface area contributed by atoms with E-state index in [4.69, 9.17) is 4.79 Å². The lowest BCUT2D eigenvalue weighted by molar-refractivity contribution is 0.564. The second-order valence-corrected chi connectivity index (χ2v) is 0.315. The monoisotopic (exact) mass is 99.1 g/mol. The zero-order valence-electron chi connectivity index (χ0n) is 4.51. The van der Waals surface area contributed by atoms with Gasteiger partial charge >= 0.3 is 0 Å². The molecular formula is C3H8BN2O. The Labute approximate surface area is 45.2 Å². The van der Waals surface area contributed by atoms with E-state index >= 15 is 0 Å². The molecule has 3 radical (unpaired) electrons. The van der Waals surface area contributed by atoms with E-state index in [1.54, 1.807) is 0 Å². The molecule has 0 rings (SSSR count). The van der Waals surface area contributed by atoms with E-state index in [1.807, 2.05) is 0 Å². The fourth-order valence-corrected chi connectivity index (χ4v) is 0. The lowest BCUT2D eigenvalue weighted by Crippen LogP contribution is -1.69. The molecule has 0 aliphatic carbocycles. The summed E-state index contributed by atoms with van der Waals surface area (Å²) in [6.07, 6.45) is 1.31. The highest BCUT2D eigenvalue weighted by molar-refractivity contribution is 5.75. The lowest BCUT2D eigenvalue weighted by Gasteiger charge is -1.36. The van der Waals surface area contributed by atoms with Crippen LogP contribution in [0.2, 0.25) is 0 Å². The third kappa shape index (κ3) is 382. The molecule has 0 amide bonds. The van der Waals surface area contributed by atoms with Crippen LogP contribution in [-0.4, -0.2) is 28.6 Å². The van der Waals surface area contributed by atoms with Crippen LogP contribution in [0.1, 0.15) is 0 Å². The standard InChI is InChI=1S/C2H3NO.CH5N.B/c1-3-2-4;1-2;/h1H3;2H2,1H3;. The van der Waals surface area contributed by atoms with E-state index in [1.165, 1.54) is 20.2 Å². The van der Waals surface area contributed by atoms with Crippen LogP contribution in [0, 0.1) is 0 Å². The molecule has 0 spiro atoms. The van der Waals surface area contributed by atoms with Gasteiger partial charge in [-0.15, -0.1) is 0 Å². The summed E-state index contributed by atoms with van der Waals surface area (Å²) in [7, 11) is 2.88. The minimum absolute atomic E-state index is 0. The van der Waals surface area contributed by atoms with Crippen molar-refractivity contribution in [2.45, 2.75) is 0 Å². The van der Waals surface area contributed by atoms with Gasteiger partial charge in [0.15, 0.2) is 0 Å². The van der Waals surface area contributed by atoms with Gasteiger partial charge in [0.1, 0.15) is 0 Å². The van der Waals surface area contributed by atoms with Crippen molar-refractivity contribution in [3.63, 3.8) is 0 Å². The lowest BCUT2D eigenvalue weighted by atomic mass is 10.8. The minimum Gasteiger partial charge on any atom is -0.333 e. The summed E-state index contributed by atoms with van der Waals surface area (Å²) < 4.78 is 0. The third-order valence-electron chi connectivity index (χ3n) is 0.0913. The van der Waals surface area contributed by atoms with E-state index in [2.05, 4.69) is 10.7 Å². The van der Waals surface area contributed by atoms with E-state index in [0.717, 1.165) is 0 Å². The summed E-state index contributed by atoms with van der Waals surface area (Å²) in [5.41, 5.74) is 4.50. The van der Waals surface area contributed by atoms with Crippen molar-refractivity contribution in [2.75, 3.05) is 14.1 Å². The molecule has 0 aliphatic rings. The normalized spacial score (nSPS) is 3.29. The van der Waals surface area contributed by atoms with Gasteiger partial charge in [-0.25, -0.2) is 9.79 Å². The molecule has 0 bridgehead atoms. The average molecular weight is 98.9 g/mol. The van der Waals surface area contributed by atoms with Crippen LogP contribution in [0.25, 0.3) is 0 Å². The molecule has 0 aromatic heterocycles. The van der Waals surface area contributed by atoms with Gasteiger partial charge in [0.2, 0.25) is 6.08 Å². The van der Waals surface area contributed by atoms with E-state index < -0.39 is 0 Å². The summed E-state index contributed by atoms with van der Waals surface area (Å²) in [6, 6.07) is 0. The Morgan fingerprint density at radius 1 is 1.57 bits per heavy atom. The van der Waals surface area contributed by atoms with Gasteiger partial charge in [0.25, 0.3) is 0 Å². The highest BCUT2D eigenvalue weighted by Crippen LogP contribution is 1.28. The van der Waals surface area contributed by atoms with E-state index in [-0.39, 0.29) is 8.41 Å². The maximum absolute atomic E-state index is 8.88. The fraction of sp³-hybridized carbons (Fsp3) is 0.667. The second kappa shape index (κ2) is 53.1. The van der Waals surface area contributed by atoms with Crippen LogP contribution < -0.4 is 5.73 Å². The number of isocyanates is 1. The molecular weight excluding hydrogens is 90.9 g/mol. The Hall–Kier alpha value is -0.595. The molecule has 0 heterocycles. The van der Waals surface area contributed by atoms with E-state index in [9.17, 15) is 0 Å². The molecule has 0 atom stereocenters. The smallest absolute Gasteiger partial charge is 0.234 e. The number of nitrogens with two attached hydrogens (primary N) is 1. The van der Waals surface area contributed by atoms with Crippen molar-refractivity contribution < 1.29 is 4.79 Å². The number of hydrogen-bond donors (Lipinski definition) is 1. The Kier molecular flexibility index (Phi) is 123. The molecule has 0 saturated carbocycles. The quantitative estimate of drug-likeness (QED) is 0.244. The van der Waals surface area contributed by atoms with Crippen molar-refractivity contribution in [2.24, 2.45) is 10.7 Å². The SMILES string of the molecule is CN.CN=C=O.[B]. The number of hydrogen-bond acceptors (Lipinski definition) is 3. The Morgan fingerprint density at radius 3 is 1.71 bits per heavy atom. The second-order valence-electron chi connectivity index (χ2n) is 0.315. The molecule has 0 fully saturated rings. The number of rotatable bonds is 0. The summed E-state index contributed by atoms with van der Waals surface area (Å²) in [6.45, 7) is 0. The first-order chi connectivity index (χ1) is 2.91. The van der Waals surface area contributed by atoms with Crippen molar-refractivity contribution in [1.82, 2.24) is 0 Å². The van der Waals surface area contributed by atoms with Crippen LogP contribution in [0.15, 0.2) is 4.99 Å². The third-order valence-corrected chi connectivity index (χ3v) is 0.0913. The zero-order valence-corrected chi connectivity index (χ0v) is 4.51. The first-order valence-electron chi connectivity index (χ1n) is 1.45. The summed E-state index contributed by atoms with van der Waals surface area (Å²) >= 11 is 0. The Morgan fingerprint density at radius 2 is 1.71 bits per heavy atom. The predicted molar refractivity (Wildman–Crippen MR) is 29.9 cm³/mol. The Balaban J connectivity index is -0.0000000480. The molecule has 0 aliphatic heterocycles. The average Bonchev–Trinajstić information content (AvgIpc) is 1.72. The molecule has 0 unspecified atom stereocenters. The van der Waals surface area contributed by atoms with Crippen LogP contribution >= 0.6 is 0 Å². The maximum Gasteiger partial charge on any atom is 0.234 e. The van der Waals surface area contributed by atoms with Crippen LogP contribution in [0.5, 0.6) is 0 Å². The number of carbonyl (C=O) groups excluding carboxylic acids is 1. The first-order valence-corrected chi connectivity index (χ1v) is 1.45. The molecule has 39 valence electrons. The molecule has 0 saturated heterocycles. The number of nitrogens with zero attached hydrogens (tertiary/aromatic N) is 1. The van der Waals surface area contributed by atoms with Crippen LogP contribution in [0.3, 0.4) is 0 Å². The molecule has 3 nitrogen and oxygen atoms in total. The first kappa shape index (κ1) is 16.1. The van der Waals surface area contributed by atoms with Crippen molar-refractivity contribution >= 4 is 14.5 Å². The molecule has 0 aromatic carbocycles. The van der Waals surface area contributed by atoms with Crippen molar-refractivity contribution in [3.05, 3.63) is 0 Å². The van der Waals surface area contributed by atoms with Gasteiger partial charge in [-0.05, 0) is 7.05 Å². The fourth-order valence-electron chi connectivity index (χ4n) is 0. The predicted octanol–water partition coefficient (Wildman–Crippen LogP) is -0.854. The molecule has 2 N–H and O–H groups in total. The number of aliphatic imine (C=N–C) groups is 1. The highest BCUT2D eigenvalue weighted by Gasteiger charge is 1.29. The molecule has 7 heavy (non-hydrogen) atoms. The summed E-state index contributed by atoms with van der Waals surface area (Å²) in [5.74, 6) is 0. The summed E-state index contributed by atoms with van der Waals surface area (Å²) in [4.78, 5) is 11.8. The van der Waals surface area contributed by atoms with Gasteiger partial charge in [-0.3, -0.25) is 0 Å².